The van der Waals surface area contributed by atoms with Gasteiger partial charge in [-0.1, -0.05) is 0 Å². The monoisotopic (exact) mass is 314 g/mol. The second kappa shape index (κ2) is 5.99. The third-order valence-corrected chi connectivity index (χ3v) is 4.69. The molecule has 0 saturated heterocycles. The van der Waals surface area contributed by atoms with Crippen molar-refractivity contribution >= 4 is 21.4 Å². The van der Waals surface area contributed by atoms with E-state index in [4.69, 9.17) is 0 Å². The molecule has 0 atom stereocenters. The highest BCUT2D eigenvalue weighted by atomic mass is 32.2. The van der Waals surface area contributed by atoms with E-state index in [0.29, 0.717) is 13.0 Å². The average Bonchev–Trinajstić information content (AvgIpc) is 2.70. The van der Waals surface area contributed by atoms with E-state index in [1.54, 1.807) is 12.1 Å². The van der Waals surface area contributed by atoms with Crippen LogP contribution in [0, 0.1) is 12.7 Å². The summed E-state index contributed by atoms with van der Waals surface area (Å²) >= 11 is 1.50. The summed E-state index contributed by atoms with van der Waals surface area (Å²) in [5.74, 6) is -0.278. The lowest BCUT2D eigenvalue weighted by Crippen LogP contribution is -2.24. The van der Waals surface area contributed by atoms with E-state index < -0.39 is 10.0 Å². The largest absolute Gasteiger partial charge is 0.241 e. The van der Waals surface area contributed by atoms with E-state index in [2.05, 4.69) is 9.71 Å². The van der Waals surface area contributed by atoms with Crippen molar-refractivity contribution in [1.29, 1.82) is 0 Å². The molecule has 0 fully saturated rings. The number of rotatable bonds is 5. The lowest BCUT2D eigenvalue weighted by Gasteiger charge is -2.00. The minimum atomic E-state index is -3.16. The molecule has 1 heterocycles. The number of nitrogens with zero attached hydrogens (tertiary/aromatic N) is 1. The zero-order chi connectivity index (χ0) is 14.8. The van der Waals surface area contributed by atoms with Gasteiger partial charge in [-0.05, 0) is 37.6 Å². The fourth-order valence-corrected chi connectivity index (χ4v) is 3.27. The van der Waals surface area contributed by atoms with Crippen LogP contribution in [0.25, 0.3) is 10.6 Å². The van der Waals surface area contributed by atoms with Crippen LogP contribution in [0.3, 0.4) is 0 Å². The molecule has 0 aliphatic heterocycles. The van der Waals surface area contributed by atoms with Crippen molar-refractivity contribution in [3.8, 4) is 10.6 Å². The molecule has 2 aromatic rings. The van der Waals surface area contributed by atoms with Gasteiger partial charge < -0.3 is 0 Å². The molecule has 1 N–H and O–H groups in total. The van der Waals surface area contributed by atoms with Crippen LogP contribution < -0.4 is 4.72 Å². The van der Waals surface area contributed by atoms with Crippen molar-refractivity contribution in [3.05, 3.63) is 40.7 Å². The van der Waals surface area contributed by atoms with Crippen molar-refractivity contribution in [1.82, 2.24) is 9.71 Å². The van der Waals surface area contributed by atoms with E-state index in [1.807, 2.05) is 6.92 Å². The summed E-state index contributed by atoms with van der Waals surface area (Å²) in [5, 5.41) is 0.817. The number of thiazole rings is 1. The fourth-order valence-electron chi connectivity index (χ4n) is 1.73. The Hall–Kier alpha value is -1.31. The Morgan fingerprint density at radius 1 is 1.30 bits per heavy atom. The van der Waals surface area contributed by atoms with Gasteiger partial charge in [0.1, 0.15) is 10.8 Å². The fraction of sp³-hybridized carbons (Fsp3) is 0.308. The number of aryl methyl sites for hydroxylation is 1. The van der Waals surface area contributed by atoms with Gasteiger partial charge in [0.25, 0.3) is 0 Å². The number of benzene rings is 1. The summed E-state index contributed by atoms with van der Waals surface area (Å²) in [4.78, 5) is 5.47. The van der Waals surface area contributed by atoms with Crippen LogP contribution >= 0.6 is 11.3 Å². The molecule has 1 aromatic heterocycles. The summed E-state index contributed by atoms with van der Waals surface area (Å²) in [6.07, 6.45) is 1.73. The Bertz CT molecular complexity index is 694. The highest BCUT2D eigenvalue weighted by Gasteiger charge is 2.10. The predicted molar refractivity (Wildman–Crippen MR) is 78.8 cm³/mol. The molecule has 0 aliphatic carbocycles. The number of hydrogen-bond donors (Lipinski definition) is 1. The molecule has 0 spiro atoms. The molecule has 7 heteroatoms. The van der Waals surface area contributed by atoms with E-state index in [9.17, 15) is 12.8 Å². The average molecular weight is 314 g/mol. The second-order valence-electron chi connectivity index (χ2n) is 4.45. The Balaban J connectivity index is 2.11. The van der Waals surface area contributed by atoms with Gasteiger partial charge in [-0.3, -0.25) is 0 Å². The molecule has 1 aromatic carbocycles. The standard InChI is InChI=1S/C13H15FN2O2S2/c1-9-12(7-8-15-20(2,17)18)19-13(16-9)10-3-5-11(14)6-4-10/h3-6,15H,7-8H2,1-2H3. The Kier molecular flexibility index (Phi) is 4.52. The molecule has 0 amide bonds. The van der Waals surface area contributed by atoms with Crippen molar-refractivity contribution in [3.63, 3.8) is 0 Å². The summed E-state index contributed by atoms with van der Waals surface area (Å²) in [6.45, 7) is 2.24. The number of sulfonamides is 1. The molecule has 108 valence electrons. The number of nitrogens with one attached hydrogen (secondary N) is 1. The van der Waals surface area contributed by atoms with Crippen LogP contribution in [0.1, 0.15) is 10.6 Å². The van der Waals surface area contributed by atoms with E-state index in [-0.39, 0.29) is 5.82 Å². The first-order valence-electron chi connectivity index (χ1n) is 6.02. The van der Waals surface area contributed by atoms with Crippen molar-refractivity contribution in [2.45, 2.75) is 13.3 Å². The van der Waals surface area contributed by atoms with Gasteiger partial charge in [-0.25, -0.2) is 22.5 Å². The van der Waals surface area contributed by atoms with Crippen molar-refractivity contribution < 1.29 is 12.8 Å². The highest BCUT2D eigenvalue weighted by Crippen LogP contribution is 2.28. The lowest BCUT2D eigenvalue weighted by atomic mass is 10.2. The Morgan fingerprint density at radius 3 is 2.55 bits per heavy atom. The smallest absolute Gasteiger partial charge is 0.208 e. The molecule has 0 unspecified atom stereocenters. The van der Waals surface area contributed by atoms with Crippen molar-refractivity contribution in [2.24, 2.45) is 0 Å². The van der Waals surface area contributed by atoms with Gasteiger partial charge in [0.15, 0.2) is 0 Å². The minimum Gasteiger partial charge on any atom is -0.241 e. The van der Waals surface area contributed by atoms with E-state index in [1.165, 1.54) is 23.5 Å². The van der Waals surface area contributed by atoms with Crippen LogP contribution in [-0.4, -0.2) is 26.2 Å². The van der Waals surface area contributed by atoms with E-state index >= 15 is 0 Å². The molecule has 2 rings (SSSR count). The van der Waals surface area contributed by atoms with Crippen LogP contribution in [0.5, 0.6) is 0 Å². The molecule has 0 bridgehead atoms. The van der Waals surface area contributed by atoms with Gasteiger partial charge >= 0.3 is 0 Å². The molecular weight excluding hydrogens is 299 g/mol. The third kappa shape index (κ3) is 4.09. The summed E-state index contributed by atoms with van der Waals surface area (Å²) in [6, 6.07) is 6.17. The summed E-state index contributed by atoms with van der Waals surface area (Å²) < 4.78 is 37.4. The Morgan fingerprint density at radius 2 is 1.95 bits per heavy atom. The molecule has 4 nitrogen and oxygen atoms in total. The van der Waals surface area contributed by atoms with Crippen LogP contribution in [0.15, 0.2) is 24.3 Å². The zero-order valence-electron chi connectivity index (χ0n) is 11.2. The topological polar surface area (TPSA) is 59.1 Å². The first-order valence-corrected chi connectivity index (χ1v) is 8.73. The molecule has 20 heavy (non-hydrogen) atoms. The van der Waals surface area contributed by atoms with Crippen LogP contribution in [0.4, 0.5) is 4.39 Å². The van der Waals surface area contributed by atoms with Crippen LogP contribution in [0.2, 0.25) is 0 Å². The number of halogens is 1. The molecular formula is C13H15FN2O2S2. The normalized spacial score (nSPS) is 11.8. The van der Waals surface area contributed by atoms with Crippen LogP contribution in [-0.2, 0) is 16.4 Å². The molecule has 0 radical (unpaired) electrons. The lowest BCUT2D eigenvalue weighted by molar-refractivity contribution is 0.588. The zero-order valence-corrected chi connectivity index (χ0v) is 12.8. The predicted octanol–water partition coefficient (Wildman–Crippen LogP) is 2.35. The molecule has 0 saturated carbocycles. The maximum absolute atomic E-state index is 12.9. The van der Waals surface area contributed by atoms with Gasteiger partial charge in [0, 0.05) is 17.0 Å². The third-order valence-electron chi connectivity index (χ3n) is 2.70. The maximum atomic E-state index is 12.9. The highest BCUT2D eigenvalue weighted by molar-refractivity contribution is 7.88. The first-order chi connectivity index (χ1) is 9.35. The van der Waals surface area contributed by atoms with Gasteiger partial charge in [-0.2, -0.15) is 0 Å². The SMILES string of the molecule is Cc1nc(-c2ccc(F)cc2)sc1CCNS(C)(=O)=O. The summed E-state index contributed by atoms with van der Waals surface area (Å²) in [7, 11) is -3.16. The Labute approximate surface area is 121 Å². The van der Waals surface area contributed by atoms with Crippen molar-refractivity contribution in [2.75, 3.05) is 12.8 Å². The maximum Gasteiger partial charge on any atom is 0.208 e. The van der Waals surface area contributed by atoms with Gasteiger partial charge in [0.2, 0.25) is 10.0 Å². The minimum absolute atomic E-state index is 0.278. The molecule has 0 aliphatic rings. The van der Waals surface area contributed by atoms with Gasteiger partial charge in [-0.15, -0.1) is 11.3 Å². The second-order valence-corrected chi connectivity index (χ2v) is 7.37. The quantitative estimate of drug-likeness (QED) is 0.921. The first kappa shape index (κ1) is 15.1. The number of aromatic nitrogens is 1. The number of hydrogen-bond acceptors (Lipinski definition) is 4. The van der Waals surface area contributed by atoms with Gasteiger partial charge in [0.05, 0.1) is 11.9 Å². The van der Waals surface area contributed by atoms with E-state index in [0.717, 1.165) is 27.4 Å². The summed E-state index contributed by atoms with van der Waals surface area (Å²) in [5.41, 5.74) is 1.74.